The Balaban J connectivity index is 2.18. The van der Waals surface area contributed by atoms with Gasteiger partial charge in [0.1, 0.15) is 0 Å². The molecule has 0 radical (unpaired) electrons. The molecule has 0 aromatic heterocycles. The zero-order valence-corrected chi connectivity index (χ0v) is 14.2. The smallest absolute Gasteiger partial charge is 0.238 e. The third-order valence-corrected chi connectivity index (χ3v) is 5.22. The van der Waals surface area contributed by atoms with Crippen LogP contribution in [0.25, 0.3) is 0 Å². The van der Waals surface area contributed by atoms with Crippen LogP contribution in [0.2, 0.25) is 5.02 Å². The van der Waals surface area contributed by atoms with Crippen molar-refractivity contribution in [1.29, 1.82) is 0 Å². The van der Waals surface area contributed by atoms with E-state index in [0.717, 1.165) is 16.1 Å². The summed E-state index contributed by atoms with van der Waals surface area (Å²) in [5, 5.41) is 3.87. The van der Waals surface area contributed by atoms with Crippen molar-refractivity contribution in [3.8, 4) is 0 Å². The lowest BCUT2D eigenvalue weighted by atomic mass is 10.0. The molecule has 0 aliphatic carbocycles. The number of halogens is 1. The van der Waals surface area contributed by atoms with Crippen LogP contribution in [-0.4, -0.2) is 63.0 Å². The normalized spacial score (nSPS) is 19.5. The second-order valence-electron chi connectivity index (χ2n) is 5.38. The number of sulfonamides is 1. The molecule has 1 unspecified atom stereocenters. The molecule has 0 spiro atoms. The molecular weight excluding hydrogens is 326 g/mol. The molecule has 8 heteroatoms. The first kappa shape index (κ1) is 17.2. The highest BCUT2D eigenvalue weighted by molar-refractivity contribution is 7.88. The van der Waals surface area contributed by atoms with E-state index < -0.39 is 10.0 Å². The summed E-state index contributed by atoms with van der Waals surface area (Å²) in [6.45, 7) is 1.68. The maximum atomic E-state index is 12.5. The van der Waals surface area contributed by atoms with Crippen molar-refractivity contribution >= 4 is 27.5 Å². The molecule has 0 saturated carbocycles. The van der Waals surface area contributed by atoms with Gasteiger partial charge in [-0.2, -0.15) is 4.31 Å². The van der Waals surface area contributed by atoms with Gasteiger partial charge in [-0.15, -0.1) is 0 Å². The van der Waals surface area contributed by atoms with Gasteiger partial charge in [-0.1, -0.05) is 23.7 Å². The number of amides is 1. The molecule has 1 amide bonds. The van der Waals surface area contributed by atoms with E-state index in [2.05, 4.69) is 5.32 Å². The molecule has 1 aromatic carbocycles. The molecule has 1 fully saturated rings. The summed E-state index contributed by atoms with van der Waals surface area (Å²) in [6.07, 6.45) is 1.09. The lowest BCUT2D eigenvalue weighted by Gasteiger charge is -2.37. The van der Waals surface area contributed by atoms with Crippen LogP contribution < -0.4 is 5.32 Å². The molecule has 6 nitrogen and oxygen atoms in total. The molecule has 0 bridgehead atoms. The molecule has 2 rings (SSSR count). The fourth-order valence-electron chi connectivity index (χ4n) is 2.41. The van der Waals surface area contributed by atoms with E-state index in [1.54, 1.807) is 11.0 Å². The van der Waals surface area contributed by atoms with Crippen molar-refractivity contribution in [3.63, 3.8) is 0 Å². The standard InChI is InChI=1S/C14H20ClN3O3S/c1-17(22(2,20)21)10-14(19)18-7-6-16-9-13(18)11-4-3-5-12(15)8-11/h3-5,8,13,16H,6-7,9-10H2,1-2H3. The fourth-order valence-corrected chi connectivity index (χ4v) is 2.96. The van der Waals surface area contributed by atoms with Crippen LogP contribution in [0.4, 0.5) is 0 Å². The Morgan fingerprint density at radius 3 is 2.86 bits per heavy atom. The Morgan fingerprint density at radius 2 is 2.23 bits per heavy atom. The van der Waals surface area contributed by atoms with Gasteiger partial charge < -0.3 is 10.2 Å². The van der Waals surface area contributed by atoms with Crippen LogP contribution in [0.15, 0.2) is 24.3 Å². The SMILES string of the molecule is CN(CC(=O)N1CCNCC1c1cccc(Cl)c1)S(C)(=O)=O. The number of benzene rings is 1. The molecule has 1 aliphatic rings. The molecule has 1 N–H and O–H groups in total. The molecule has 1 aliphatic heterocycles. The first-order valence-electron chi connectivity index (χ1n) is 6.96. The van der Waals surface area contributed by atoms with Gasteiger partial charge in [0, 0.05) is 31.7 Å². The summed E-state index contributed by atoms with van der Waals surface area (Å²) in [5.41, 5.74) is 0.940. The second-order valence-corrected chi connectivity index (χ2v) is 7.91. The zero-order valence-electron chi connectivity index (χ0n) is 12.6. The lowest BCUT2D eigenvalue weighted by Crippen LogP contribution is -2.51. The van der Waals surface area contributed by atoms with Gasteiger partial charge in [0.25, 0.3) is 0 Å². The van der Waals surface area contributed by atoms with Gasteiger partial charge in [-0.3, -0.25) is 4.79 Å². The number of carbonyl (C=O) groups is 1. The molecular formula is C14H20ClN3O3S. The number of likely N-dealkylation sites (N-methyl/N-ethyl adjacent to an activating group) is 1. The van der Waals surface area contributed by atoms with Gasteiger partial charge in [0.2, 0.25) is 15.9 Å². The van der Waals surface area contributed by atoms with Crippen molar-refractivity contribution in [3.05, 3.63) is 34.9 Å². The number of carbonyl (C=O) groups excluding carboxylic acids is 1. The number of rotatable bonds is 4. The van der Waals surface area contributed by atoms with E-state index in [4.69, 9.17) is 11.6 Å². The summed E-state index contributed by atoms with van der Waals surface area (Å²) in [5.74, 6) is -0.209. The van der Waals surface area contributed by atoms with E-state index in [0.29, 0.717) is 24.7 Å². The Hall–Kier alpha value is -1.15. The fraction of sp³-hybridized carbons (Fsp3) is 0.500. The van der Waals surface area contributed by atoms with E-state index >= 15 is 0 Å². The third kappa shape index (κ3) is 4.19. The zero-order chi connectivity index (χ0) is 16.3. The Morgan fingerprint density at radius 1 is 1.50 bits per heavy atom. The van der Waals surface area contributed by atoms with Crippen molar-refractivity contribution in [2.75, 3.05) is 39.5 Å². The number of piperazine rings is 1. The molecule has 22 heavy (non-hydrogen) atoms. The first-order chi connectivity index (χ1) is 10.3. The van der Waals surface area contributed by atoms with Crippen LogP contribution in [0.1, 0.15) is 11.6 Å². The minimum absolute atomic E-state index is 0.145. The van der Waals surface area contributed by atoms with Crippen LogP contribution in [0.3, 0.4) is 0 Å². The Kier molecular flexibility index (Phi) is 5.44. The topological polar surface area (TPSA) is 69.7 Å². The van der Waals surface area contributed by atoms with E-state index in [-0.39, 0.29) is 18.5 Å². The minimum atomic E-state index is -3.38. The number of hydrogen-bond acceptors (Lipinski definition) is 4. The van der Waals surface area contributed by atoms with E-state index in [9.17, 15) is 13.2 Å². The van der Waals surface area contributed by atoms with Gasteiger partial charge in [-0.25, -0.2) is 8.42 Å². The van der Waals surface area contributed by atoms with Crippen molar-refractivity contribution in [2.24, 2.45) is 0 Å². The average molecular weight is 346 g/mol. The van der Waals surface area contributed by atoms with Gasteiger partial charge in [0.05, 0.1) is 18.8 Å². The van der Waals surface area contributed by atoms with Crippen LogP contribution in [-0.2, 0) is 14.8 Å². The lowest BCUT2D eigenvalue weighted by molar-refractivity contribution is -0.134. The monoisotopic (exact) mass is 345 g/mol. The van der Waals surface area contributed by atoms with Crippen molar-refractivity contribution < 1.29 is 13.2 Å². The van der Waals surface area contributed by atoms with Crippen LogP contribution in [0, 0.1) is 0 Å². The summed E-state index contributed by atoms with van der Waals surface area (Å²) in [4.78, 5) is 14.2. The molecule has 1 heterocycles. The largest absolute Gasteiger partial charge is 0.332 e. The number of nitrogens with one attached hydrogen (secondary N) is 1. The maximum Gasteiger partial charge on any atom is 0.238 e. The van der Waals surface area contributed by atoms with Crippen LogP contribution >= 0.6 is 11.6 Å². The van der Waals surface area contributed by atoms with E-state index in [1.807, 2.05) is 18.2 Å². The highest BCUT2D eigenvalue weighted by Gasteiger charge is 2.29. The number of hydrogen-bond donors (Lipinski definition) is 1. The first-order valence-corrected chi connectivity index (χ1v) is 9.18. The van der Waals surface area contributed by atoms with Crippen molar-refractivity contribution in [1.82, 2.24) is 14.5 Å². The Labute approximate surface area is 136 Å². The van der Waals surface area contributed by atoms with Crippen molar-refractivity contribution in [2.45, 2.75) is 6.04 Å². The molecule has 122 valence electrons. The quantitative estimate of drug-likeness (QED) is 0.872. The number of nitrogens with zero attached hydrogens (tertiary/aromatic N) is 2. The summed E-state index contributed by atoms with van der Waals surface area (Å²) in [7, 11) is -1.97. The Bertz CT molecular complexity index is 650. The van der Waals surface area contributed by atoms with Gasteiger partial charge in [-0.05, 0) is 17.7 Å². The second kappa shape index (κ2) is 6.95. The summed E-state index contributed by atoms with van der Waals surface area (Å²) < 4.78 is 24.0. The highest BCUT2D eigenvalue weighted by Crippen LogP contribution is 2.24. The minimum Gasteiger partial charge on any atom is -0.332 e. The predicted octanol–water partition coefficient (Wildman–Crippen LogP) is 0.704. The summed E-state index contributed by atoms with van der Waals surface area (Å²) >= 11 is 6.02. The van der Waals surface area contributed by atoms with E-state index in [1.165, 1.54) is 7.05 Å². The molecule has 1 aromatic rings. The molecule has 1 atom stereocenters. The molecule has 1 saturated heterocycles. The van der Waals surface area contributed by atoms with Gasteiger partial charge in [0.15, 0.2) is 0 Å². The van der Waals surface area contributed by atoms with Gasteiger partial charge >= 0.3 is 0 Å². The maximum absolute atomic E-state index is 12.5. The summed E-state index contributed by atoms with van der Waals surface area (Å²) in [6, 6.07) is 7.24. The average Bonchev–Trinajstić information content (AvgIpc) is 2.46. The highest BCUT2D eigenvalue weighted by atomic mass is 35.5. The predicted molar refractivity (Wildman–Crippen MR) is 86.2 cm³/mol. The third-order valence-electron chi connectivity index (χ3n) is 3.72. The van der Waals surface area contributed by atoms with Crippen LogP contribution in [0.5, 0.6) is 0 Å².